The van der Waals surface area contributed by atoms with Gasteiger partial charge in [0.1, 0.15) is 10.7 Å². The van der Waals surface area contributed by atoms with Crippen molar-refractivity contribution in [1.29, 1.82) is 0 Å². The molecule has 5 nitrogen and oxygen atoms in total. The standard InChI is InChI=1S/C12H20ClN3O2S/c1-4-8-16(9-7-13)12-6-5-11(10-14-12)19(17,18)15(2)3/h5-6,10H,4,7-9H2,1-3H3. The molecule has 108 valence electrons. The maximum absolute atomic E-state index is 11.9. The topological polar surface area (TPSA) is 53.5 Å². The molecule has 0 aromatic carbocycles. The van der Waals surface area contributed by atoms with E-state index in [1.165, 1.54) is 24.6 Å². The number of nitrogens with zero attached hydrogens (tertiary/aromatic N) is 3. The summed E-state index contributed by atoms with van der Waals surface area (Å²) >= 11 is 5.76. The first-order valence-corrected chi connectivity index (χ1v) is 8.10. The summed E-state index contributed by atoms with van der Waals surface area (Å²) in [6.45, 7) is 3.62. The summed E-state index contributed by atoms with van der Waals surface area (Å²) < 4.78 is 25.0. The number of sulfonamides is 1. The number of rotatable bonds is 7. The van der Waals surface area contributed by atoms with Crippen molar-refractivity contribution in [2.24, 2.45) is 0 Å². The van der Waals surface area contributed by atoms with Gasteiger partial charge in [-0.05, 0) is 18.6 Å². The van der Waals surface area contributed by atoms with Gasteiger partial charge in [0.2, 0.25) is 10.0 Å². The highest BCUT2D eigenvalue weighted by Gasteiger charge is 2.18. The van der Waals surface area contributed by atoms with Gasteiger partial charge in [-0.2, -0.15) is 0 Å². The molecule has 1 aromatic heterocycles. The Hall–Kier alpha value is -0.850. The molecule has 0 radical (unpaired) electrons. The number of hydrogen-bond acceptors (Lipinski definition) is 4. The van der Waals surface area contributed by atoms with Gasteiger partial charge < -0.3 is 4.90 Å². The van der Waals surface area contributed by atoms with Crippen LogP contribution in [0.15, 0.2) is 23.2 Å². The van der Waals surface area contributed by atoms with Gasteiger partial charge in [-0.25, -0.2) is 17.7 Å². The zero-order valence-electron chi connectivity index (χ0n) is 11.5. The van der Waals surface area contributed by atoms with E-state index in [0.717, 1.165) is 18.8 Å². The maximum Gasteiger partial charge on any atom is 0.244 e. The molecule has 0 atom stereocenters. The molecule has 0 saturated carbocycles. The highest BCUT2D eigenvalue weighted by molar-refractivity contribution is 7.89. The Bertz CT molecular complexity index is 482. The van der Waals surface area contributed by atoms with E-state index in [0.29, 0.717) is 12.4 Å². The summed E-state index contributed by atoms with van der Waals surface area (Å²) in [6, 6.07) is 3.30. The summed E-state index contributed by atoms with van der Waals surface area (Å²) in [5, 5.41) is 0. The average molecular weight is 306 g/mol. The van der Waals surface area contributed by atoms with Crippen molar-refractivity contribution in [1.82, 2.24) is 9.29 Å². The Morgan fingerprint density at radius 3 is 2.37 bits per heavy atom. The predicted molar refractivity (Wildman–Crippen MR) is 78.3 cm³/mol. The molecule has 0 aliphatic rings. The lowest BCUT2D eigenvalue weighted by Gasteiger charge is -2.22. The summed E-state index contributed by atoms with van der Waals surface area (Å²) in [5.74, 6) is 1.26. The quantitative estimate of drug-likeness (QED) is 0.721. The Balaban J connectivity index is 2.98. The lowest BCUT2D eigenvalue weighted by Crippen LogP contribution is -2.27. The molecular weight excluding hydrogens is 286 g/mol. The molecule has 0 fully saturated rings. The minimum atomic E-state index is -3.42. The average Bonchev–Trinajstić information content (AvgIpc) is 2.38. The van der Waals surface area contributed by atoms with Crippen molar-refractivity contribution < 1.29 is 8.42 Å². The van der Waals surface area contributed by atoms with E-state index in [4.69, 9.17) is 11.6 Å². The first-order valence-electron chi connectivity index (χ1n) is 6.13. The van der Waals surface area contributed by atoms with Gasteiger partial charge in [0.25, 0.3) is 0 Å². The number of pyridine rings is 1. The van der Waals surface area contributed by atoms with E-state index in [1.54, 1.807) is 12.1 Å². The van der Waals surface area contributed by atoms with Crippen LogP contribution < -0.4 is 4.90 Å². The highest BCUT2D eigenvalue weighted by Crippen LogP contribution is 2.16. The van der Waals surface area contributed by atoms with E-state index >= 15 is 0 Å². The summed E-state index contributed by atoms with van der Waals surface area (Å²) in [6.07, 6.45) is 2.37. The van der Waals surface area contributed by atoms with Crippen LogP contribution in [0.4, 0.5) is 5.82 Å². The van der Waals surface area contributed by atoms with Crippen molar-refractivity contribution >= 4 is 27.4 Å². The van der Waals surface area contributed by atoms with Crippen molar-refractivity contribution in [2.45, 2.75) is 18.2 Å². The molecular formula is C12H20ClN3O2S. The predicted octanol–water partition coefficient (Wildman–Crippen LogP) is 1.79. The number of hydrogen-bond donors (Lipinski definition) is 0. The Kier molecular flexibility index (Phi) is 6.03. The third-order valence-corrected chi connectivity index (χ3v) is 4.64. The van der Waals surface area contributed by atoms with Gasteiger partial charge in [-0.1, -0.05) is 6.92 Å². The van der Waals surface area contributed by atoms with Crippen molar-refractivity contribution in [2.75, 3.05) is 38.0 Å². The van der Waals surface area contributed by atoms with E-state index in [2.05, 4.69) is 11.9 Å². The minimum absolute atomic E-state index is 0.198. The molecule has 19 heavy (non-hydrogen) atoms. The van der Waals surface area contributed by atoms with Crippen LogP contribution >= 0.6 is 11.6 Å². The number of anilines is 1. The number of halogens is 1. The van der Waals surface area contributed by atoms with Crippen molar-refractivity contribution in [3.8, 4) is 0 Å². The summed E-state index contributed by atoms with van der Waals surface area (Å²) in [5.41, 5.74) is 0. The van der Waals surface area contributed by atoms with Gasteiger partial charge in [0, 0.05) is 39.3 Å². The number of alkyl halides is 1. The third-order valence-electron chi connectivity index (χ3n) is 2.67. The molecule has 1 heterocycles. The van der Waals surface area contributed by atoms with Crippen LogP contribution in [-0.2, 0) is 10.0 Å². The van der Waals surface area contributed by atoms with Crippen LogP contribution in [0.3, 0.4) is 0 Å². The van der Waals surface area contributed by atoms with E-state index in [9.17, 15) is 8.42 Å². The Morgan fingerprint density at radius 1 is 1.26 bits per heavy atom. The van der Waals surface area contributed by atoms with E-state index in [-0.39, 0.29) is 4.90 Å². The summed E-state index contributed by atoms with van der Waals surface area (Å²) in [7, 11) is -0.417. The van der Waals surface area contributed by atoms with Gasteiger partial charge >= 0.3 is 0 Å². The van der Waals surface area contributed by atoms with E-state index in [1.807, 2.05) is 4.90 Å². The molecule has 0 N–H and O–H groups in total. The molecule has 0 bridgehead atoms. The molecule has 0 spiro atoms. The minimum Gasteiger partial charge on any atom is -0.355 e. The maximum atomic E-state index is 11.9. The SMILES string of the molecule is CCCN(CCCl)c1ccc(S(=O)(=O)N(C)C)cn1. The van der Waals surface area contributed by atoms with Crippen LogP contribution in [0.1, 0.15) is 13.3 Å². The largest absolute Gasteiger partial charge is 0.355 e. The normalized spacial score (nSPS) is 11.8. The first-order chi connectivity index (χ1) is 8.93. The van der Waals surface area contributed by atoms with Gasteiger partial charge in [0.05, 0.1) is 0 Å². The van der Waals surface area contributed by atoms with Crippen LogP contribution in [0.2, 0.25) is 0 Å². The molecule has 0 unspecified atom stereocenters. The molecule has 0 aliphatic carbocycles. The lowest BCUT2D eigenvalue weighted by molar-refractivity contribution is 0.520. The fraction of sp³-hybridized carbons (Fsp3) is 0.583. The molecule has 1 aromatic rings. The second kappa shape index (κ2) is 7.07. The van der Waals surface area contributed by atoms with Crippen LogP contribution in [0.5, 0.6) is 0 Å². The third kappa shape index (κ3) is 4.06. The number of aromatic nitrogens is 1. The van der Waals surface area contributed by atoms with Crippen LogP contribution in [0, 0.1) is 0 Å². The molecule has 1 rings (SSSR count). The van der Waals surface area contributed by atoms with Gasteiger partial charge in [-0.3, -0.25) is 0 Å². The highest BCUT2D eigenvalue weighted by atomic mass is 35.5. The smallest absolute Gasteiger partial charge is 0.244 e. The lowest BCUT2D eigenvalue weighted by atomic mass is 10.3. The second-order valence-electron chi connectivity index (χ2n) is 4.32. The Morgan fingerprint density at radius 2 is 1.95 bits per heavy atom. The molecule has 0 amide bonds. The zero-order chi connectivity index (χ0) is 14.5. The Labute approximate surface area is 120 Å². The van der Waals surface area contributed by atoms with Crippen LogP contribution in [-0.4, -0.2) is 50.8 Å². The van der Waals surface area contributed by atoms with Gasteiger partial charge in [0.15, 0.2) is 0 Å². The molecule has 7 heteroatoms. The van der Waals surface area contributed by atoms with Crippen LogP contribution in [0.25, 0.3) is 0 Å². The van der Waals surface area contributed by atoms with Crippen molar-refractivity contribution in [3.63, 3.8) is 0 Å². The van der Waals surface area contributed by atoms with E-state index < -0.39 is 10.0 Å². The summed E-state index contributed by atoms with van der Waals surface area (Å²) in [4.78, 5) is 6.46. The zero-order valence-corrected chi connectivity index (χ0v) is 13.1. The second-order valence-corrected chi connectivity index (χ2v) is 6.85. The monoisotopic (exact) mass is 305 g/mol. The fourth-order valence-electron chi connectivity index (χ4n) is 1.64. The molecule has 0 saturated heterocycles. The fourth-order valence-corrected chi connectivity index (χ4v) is 2.69. The molecule has 0 aliphatic heterocycles. The first kappa shape index (κ1) is 16.2. The van der Waals surface area contributed by atoms with Crippen molar-refractivity contribution in [3.05, 3.63) is 18.3 Å². The van der Waals surface area contributed by atoms with Gasteiger partial charge in [-0.15, -0.1) is 11.6 Å².